The van der Waals surface area contributed by atoms with Crippen molar-refractivity contribution in [1.29, 1.82) is 0 Å². The number of hydrogen-bond donors (Lipinski definition) is 0. The van der Waals surface area contributed by atoms with Gasteiger partial charge in [0.05, 0.1) is 12.7 Å². The van der Waals surface area contributed by atoms with Crippen LogP contribution in [-0.4, -0.2) is 30.0 Å². The standard InChI is InChI=1S/C16H22FNO2/c1-4-11(2)18(13-6-5-7-13)16(19)14-10-12(17)8-9-15(14)20-3/h8-11,13H,4-7H2,1-3H3. The van der Waals surface area contributed by atoms with Gasteiger partial charge in [-0.1, -0.05) is 6.92 Å². The highest BCUT2D eigenvalue weighted by atomic mass is 19.1. The third kappa shape index (κ3) is 2.79. The molecule has 0 saturated heterocycles. The van der Waals surface area contributed by atoms with Crippen LogP contribution in [0.2, 0.25) is 0 Å². The summed E-state index contributed by atoms with van der Waals surface area (Å²) >= 11 is 0. The molecule has 1 aromatic carbocycles. The van der Waals surface area contributed by atoms with E-state index < -0.39 is 5.82 Å². The number of methoxy groups -OCH3 is 1. The Morgan fingerprint density at radius 2 is 2.20 bits per heavy atom. The summed E-state index contributed by atoms with van der Waals surface area (Å²) in [5.41, 5.74) is 0.319. The van der Waals surface area contributed by atoms with Crippen LogP contribution in [-0.2, 0) is 0 Å². The van der Waals surface area contributed by atoms with Crippen molar-refractivity contribution in [3.05, 3.63) is 29.6 Å². The molecule has 4 heteroatoms. The molecular formula is C16H22FNO2. The van der Waals surface area contributed by atoms with Crippen molar-refractivity contribution >= 4 is 5.91 Å². The van der Waals surface area contributed by atoms with E-state index in [2.05, 4.69) is 6.92 Å². The smallest absolute Gasteiger partial charge is 0.258 e. The topological polar surface area (TPSA) is 29.5 Å². The van der Waals surface area contributed by atoms with E-state index in [1.165, 1.54) is 25.3 Å². The zero-order valence-electron chi connectivity index (χ0n) is 12.4. The Kier molecular flexibility index (Phi) is 4.63. The molecule has 1 aromatic rings. The molecule has 1 aliphatic rings. The van der Waals surface area contributed by atoms with E-state index >= 15 is 0 Å². The molecule has 0 heterocycles. The van der Waals surface area contributed by atoms with E-state index in [0.29, 0.717) is 11.3 Å². The first kappa shape index (κ1) is 14.8. The Labute approximate surface area is 119 Å². The van der Waals surface area contributed by atoms with Gasteiger partial charge in [0.25, 0.3) is 5.91 Å². The predicted octanol–water partition coefficient (Wildman–Crippen LogP) is 3.63. The van der Waals surface area contributed by atoms with Gasteiger partial charge in [-0.15, -0.1) is 0 Å². The second-order valence-electron chi connectivity index (χ2n) is 5.40. The summed E-state index contributed by atoms with van der Waals surface area (Å²) in [5.74, 6) is -0.101. The van der Waals surface area contributed by atoms with Crippen LogP contribution in [0.15, 0.2) is 18.2 Å². The molecule has 1 atom stereocenters. The maximum atomic E-state index is 13.5. The van der Waals surface area contributed by atoms with Crippen molar-refractivity contribution in [3.8, 4) is 5.75 Å². The minimum absolute atomic E-state index is 0.125. The van der Waals surface area contributed by atoms with Gasteiger partial charge in [0, 0.05) is 12.1 Å². The van der Waals surface area contributed by atoms with Gasteiger partial charge in [-0.25, -0.2) is 4.39 Å². The number of ether oxygens (including phenoxy) is 1. The van der Waals surface area contributed by atoms with Gasteiger partial charge in [-0.3, -0.25) is 4.79 Å². The Hall–Kier alpha value is -1.58. The van der Waals surface area contributed by atoms with E-state index in [9.17, 15) is 9.18 Å². The molecule has 20 heavy (non-hydrogen) atoms. The molecule has 1 amide bonds. The first-order valence-electron chi connectivity index (χ1n) is 7.24. The normalized spacial score (nSPS) is 16.4. The fourth-order valence-corrected chi connectivity index (χ4v) is 2.57. The summed E-state index contributed by atoms with van der Waals surface area (Å²) in [7, 11) is 1.50. The molecule has 0 spiro atoms. The SMILES string of the molecule is CCC(C)N(C(=O)c1cc(F)ccc1OC)C1CCC1. The van der Waals surface area contributed by atoms with Gasteiger partial charge >= 0.3 is 0 Å². The molecule has 0 bridgehead atoms. The predicted molar refractivity (Wildman–Crippen MR) is 76.5 cm³/mol. The molecule has 110 valence electrons. The summed E-state index contributed by atoms with van der Waals surface area (Å²) in [6, 6.07) is 4.53. The first-order valence-corrected chi connectivity index (χ1v) is 7.24. The van der Waals surface area contributed by atoms with Crippen molar-refractivity contribution in [1.82, 2.24) is 4.90 Å². The van der Waals surface area contributed by atoms with Crippen molar-refractivity contribution in [3.63, 3.8) is 0 Å². The average Bonchev–Trinajstić information content (AvgIpc) is 2.41. The number of hydrogen-bond acceptors (Lipinski definition) is 2. The third-order valence-electron chi connectivity index (χ3n) is 4.16. The van der Waals surface area contributed by atoms with Crippen LogP contribution >= 0.6 is 0 Å². The Morgan fingerprint density at radius 3 is 2.70 bits per heavy atom. The molecule has 0 radical (unpaired) electrons. The summed E-state index contributed by atoms with van der Waals surface area (Å²) in [5, 5.41) is 0. The molecular weight excluding hydrogens is 257 g/mol. The summed E-state index contributed by atoms with van der Waals surface area (Å²) in [4.78, 5) is 14.7. The summed E-state index contributed by atoms with van der Waals surface area (Å²) in [6.45, 7) is 4.11. The molecule has 0 N–H and O–H groups in total. The number of carbonyl (C=O) groups is 1. The van der Waals surface area contributed by atoms with Crippen LogP contribution in [0, 0.1) is 5.82 Å². The molecule has 2 rings (SSSR count). The Bertz CT molecular complexity index is 481. The number of benzene rings is 1. The lowest BCUT2D eigenvalue weighted by molar-refractivity contribution is 0.0455. The van der Waals surface area contributed by atoms with E-state index in [1.807, 2.05) is 11.8 Å². The monoisotopic (exact) mass is 279 g/mol. The van der Waals surface area contributed by atoms with Crippen molar-refractivity contribution in [2.75, 3.05) is 7.11 Å². The van der Waals surface area contributed by atoms with Crippen LogP contribution in [0.1, 0.15) is 49.9 Å². The zero-order valence-corrected chi connectivity index (χ0v) is 12.4. The highest BCUT2D eigenvalue weighted by Gasteiger charge is 2.33. The third-order valence-corrected chi connectivity index (χ3v) is 4.16. The first-order chi connectivity index (χ1) is 9.58. The maximum absolute atomic E-state index is 13.5. The van der Waals surface area contributed by atoms with Crippen molar-refractivity contribution in [2.24, 2.45) is 0 Å². The number of carbonyl (C=O) groups excluding carboxylic acids is 1. The Morgan fingerprint density at radius 1 is 1.50 bits per heavy atom. The van der Waals surface area contributed by atoms with Gasteiger partial charge in [-0.2, -0.15) is 0 Å². The zero-order chi connectivity index (χ0) is 14.7. The lowest BCUT2D eigenvalue weighted by Gasteiger charge is -2.41. The molecule has 1 unspecified atom stereocenters. The number of amides is 1. The quantitative estimate of drug-likeness (QED) is 0.823. The number of rotatable bonds is 5. The van der Waals surface area contributed by atoms with Gasteiger partial charge in [-0.05, 0) is 50.8 Å². The Balaban J connectivity index is 2.33. The van der Waals surface area contributed by atoms with Gasteiger partial charge in [0.15, 0.2) is 0 Å². The average molecular weight is 279 g/mol. The fourth-order valence-electron chi connectivity index (χ4n) is 2.57. The molecule has 0 aromatic heterocycles. The fraction of sp³-hybridized carbons (Fsp3) is 0.562. The lowest BCUT2D eigenvalue weighted by Crippen LogP contribution is -2.49. The molecule has 1 aliphatic carbocycles. The largest absolute Gasteiger partial charge is 0.496 e. The van der Waals surface area contributed by atoms with Crippen molar-refractivity contribution < 1.29 is 13.9 Å². The van der Waals surface area contributed by atoms with Gasteiger partial charge < -0.3 is 9.64 Å². The van der Waals surface area contributed by atoms with E-state index in [0.717, 1.165) is 25.7 Å². The molecule has 3 nitrogen and oxygen atoms in total. The summed E-state index contributed by atoms with van der Waals surface area (Å²) in [6.07, 6.45) is 4.12. The molecule has 0 aliphatic heterocycles. The minimum atomic E-state index is -0.410. The highest BCUT2D eigenvalue weighted by molar-refractivity contribution is 5.97. The van der Waals surface area contributed by atoms with Crippen LogP contribution in [0.5, 0.6) is 5.75 Å². The minimum Gasteiger partial charge on any atom is -0.496 e. The van der Waals surface area contributed by atoms with Crippen LogP contribution in [0.25, 0.3) is 0 Å². The summed E-state index contributed by atoms with van der Waals surface area (Å²) < 4.78 is 18.7. The molecule has 1 saturated carbocycles. The maximum Gasteiger partial charge on any atom is 0.258 e. The highest BCUT2D eigenvalue weighted by Crippen LogP contribution is 2.31. The van der Waals surface area contributed by atoms with Crippen molar-refractivity contribution in [2.45, 2.75) is 51.6 Å². The van der Waals surface area contributed by atoms with Crippen LogP contribution < -0.4 is 4.74 Å². The second-order valence-corrected chi connectivity index (χ2v) is 5.40. The van der Waals surface area contributed by atoms with Gasteiger partial charge in [0.2, 0.25) is 0 Å². The molecule has 1 fully saturated rings. The number of halogens is 1. The van der Waals surface area contributed by atoms with E-state index in [4.69, 9.17) is 4.74 Å². The van der Waals surface area contributed by atoms with Crippen LogP contribution in [0.4, 0.5) is 4.39 Å². The van der Waals surface area contributed by atoms with E-state index in [-0.39, 0.29) is 18.0 Å². The van der Waals surface area contributed by atoms with Crippen LogP contribution in [0.3, 0.4) is 0 Å². The second kappa shape index (κ2) is 6.25. The lowest BCUT2D eigenvalue weighted by atomic mass is 9.89. The van der Waals surface area contributed by atoms with Gasteiger partial charge in [0.1, 0.15) is 11.6 Å². The number of nitrogens with zero attached hydrogens (tertiary/aromatic N) is 1. The van der Waals surface area contributed by atoms with E-state index in [1.54, 1.807) is 0 Å².